The Bertz CT molecular complexity index is 369. The van der Waals surface area contributed by atoms with E-state index in [4.69, 9.17) is 5.11 Å². The fraction of sp³-hybridized carbons (Fsp3) is 0.615. The smallest absolute Gasteiger partial charge is 0.345 e. The van der Waals surface area contributed by atoms with Crippen LogP contribution in [0.3, 0.4) is 0 Å². The number of nitrogens with one attached hydrogen (secondary N) is 1. The van der Waals surface area contributed by atoms with Crippen molar-refractivity contribution in [1.82, 2.24) is 5.32 Å². The molecule has 1 aromatic heterocycles. The van der Waals surface area contributed by atoms with Crippen LogP contribution in [0.1, 0.15) is 46.7 Å². The van der Waals surface area contributed by atoms with Crippen LogP contribution in [0.25, 0.3) is 0 Å². The molecule has 1 fully saturated rings. The molecule has 0 aromatic carbocycles. The molecule has 1 aromatic rings. The number of rotatable bonds is 6. The van der Waals surface area contributed by atoms with Crippen LogP contribution in [0.4, 0.5) is 0 Å². The third kappa shape index (κ3) is 3.82. The molecule has 1 heterocycles. The average molecular weight is 253 g/mol. The van der Waals surface area contributed by atoms with E-state index >= 15 is 0 Å². The molecule has 0 amide bonds. The Kier molecular flexibility index (Phi) is 4.57. The van der Waals surface area contributed by atoms with Crippen LogP contribution >= 0.6 is 11.3 Å². The van der Waals surface area contributed by atoms with E-state index in [9.17, 15) is 4.79 Å². The minimum Gasteiger partial charge on any atom is -0.477 e. The zero-order valence-corrected chi connectivity index (χ0v) is 10.8. The van der Waals surface area contributed by atoms with Crippen molar-refractivity contribution >= 4 is 17.3 Å². The predicted molar refractivity (Wildman–Crippen MR) is 69.6 cm³/mol. The molecule has 3 nitrogen and oxygen atoms in total. The zero-order valence-electron chi connectivity index (χ0n) is 9.95. The minimum absolute atomic E-state index is 0.428. The summed E-state index contributed by atoms with van der Waals surface area (Å²) < 4.78 is 0. The normalized spacial score (nSPS) is 16.5. The Morgan fingerprint density at radius 3 is 2.82 bits per heavy atom. The van der Waals surface area contributed by atoms with Crippen molar-refractivity contribution in [1.29, 1.82) is 0 Å². The SMILES string of the molecule is O=C(O)c1ccc(CNCCC2CCCC2)s1. The topological polar surface area (TPSA) is 49.3 Å². The third-order valence-corrected chi connectivity index (χ3v) is 4.45. The Labute approximate surface area is 106 Å². The van der Waals surface area contributed by atoms with Gasteiger partial charge in [0, 0.05) is 11.4 Å². The van der Waals surface area contributed by atoms with E-state index in [0.29, 0.717) is 4.88 Å². The van der Waals surface area contributed by atoms with Gasteiger partial charge in [-0.15, -0.1) is 11.3 Å². The summed E-state index contributed by atoms with van der Waals surface area (Å²) in [6.45, 7) is 1.84. The first-order valence-corrected chi connectivity index (χ1v) is 7.10. The maximum absolute atomic E-state index is 10.7. The second kappa shape index (κ2) is 6.17. The number of carboxylic acid groups (broad SMARTS) is 1. The van der Waals surface area contributed by atoms with Crippen LogP contribution in [0.2, 0.25) is 0 Å². The summed E-state index contributed by atoms with van der Waals surface area (Å²) in [6, 6.07) is 3.58. The van der Waals surface area contributed by atoms with Gasteiger partial charge in [0.25, 0.3) is 0 Å². The maximum Gasteiger partial charge on any atom is 0.345 e. The van der Waals surface area contributed by atoms with E-state index in [-0.39, 0.29) is 0 Å². The second-order valence-electron chi connectivity index (χ2n) is 4.69. The number of aromatic carboxylic acids is 1. The van der Waals surface area contributed by atoms with Crippen LogP contribution < -0.4 is 5.32 Å². The van der Waals surface area contributed by atoms with Crippen molar-refractivity contribution in [2.45, 2.75) is 38.6 Å². The van der Waals surface area contributed by atoms with Gasteiger partial charge in [0.15, 0.2) is 0 Å². The summed E-state index contributed by atoms with van der Waals surface area (Å²) in [5, 5.41) is 12.2. The van der Waals surface area contributed by atoms with Gasteiger partial charge in [-0.3, -0.25) is 0 Å². The van der Waals surface area contributed by atoms with E-state index in [0.717, 1.165) is 23.9 Å². The standard InChI is InChI=1S/C13H19NO2S/c15-13(16)12-6-5-11(17-12)9-14-8-7-10-3-1-2-4-10/h5-6,10,14H,1-4,7-9H2,(H,15,16). The average Bonchev–Trinajstić information content (AvgIpc) is 2.96. The Morgan fingerprint density at radius 1 is 1.41 bits per heavy atom. The molecule has 1 aliphatic carbocycles. The van der Waals surface area contributed by atoms with E-state index in [1.807, 2.05) is 6.07 Å². The monoisotopic (exact) mass is 253 g/mol. The van der Waals surface area contributed by atoms with E-state index in [1.54, 1.807) is 6.07 Å². The molecular formula is C13H19NO2S. The van der Waals surface area contributed by atoms with Gasteiger partial charge in [-0.2, -0.15) is 0 Å². The highest BCUT2D eigenvalue weighted by Gasteiger charge is 2.14. The molecule has 17 heavy (non-hydrogen) atoms. The molecule has 0 radical (unpaired) electrons. The van der Waals surface area contributed by atoms with Gasteiger partial charge in [0.05, 0.1) is 0 Å². The number of hydrogen-bond acceptors (Lipinski definition) is 3. The maximum atomic E-state index is 10.7. The summed E-state index contributed by atoms with van der Waals surface area (Å²) in [7, 11) is 0. The summed E-state index contributed by atoms with van der Waals surface area (Å²) in [5.41, 5.74) is 0. The summed E-state index contributed by atoms with van der Waals surface area (Å²) in [6.07, 6.45) is 6.85. The molecule has 1 saturated carbocycles. The van der Waals surface area contributed by atoms with Gasteiger partial charge in [-0.25, -0.2) is 4.79 Å². The minimum atomic E-state index is -0.827. The molecule has 94 valence electrons. The predicted octanol–water partition coefficient (Wildman–Crippen LogP) is 3.12. The summed E-state index contributed by atoms with van der Waals surface area (Å²) in [5.74, 6) is 0.0904. The van der Waals surface area contributed by atoms with Crippen molar-refractivity contribution in [3.8, 4) is 0 Å². The van der Waals surface area contributed by atoms with E-state index < -0.39 is 5.97 Å². The van der Waals surface area contributed by atoms with Gasteiger partial charge in [-0.1, -0.05) is 25.7 Å². The number of hydrogen-bond donors (Lipinski definition) is 2. The van der Waals surface area contributed by atoms with Gasteiger partial charge < -0.3 is 10.4 Å². The Morgan fingerprint density at radius 2 is 2.18 bits per heavy atom. The van der Waals surface area contributed by atoms with Crippen molar-refractivity contribution in [3.63, 3.8) is 0 Å². The molecule has 2 N–H and O–H groups in total. The van der Waals surface area contributed by atoms with Gasteiger partial charge in [0.2, 0.25) is 0 Å². The summed E-state index contributed by atoms with van der Waals surface area (Å²) in [4.78, 5) is 12.2. The number of carboxylic acids is 1. The van der Waals surface area contributed by atoms with Crippen LogP contribution in [0.5, 0.6) is 0 Å². The first-order chi connectivity index (χ1) is 8.25. The van der Waals surface area contributed by atoms with Crippen LogP contribution in [0, 0.1) is 5.92 Å². The van der Waals surface area contributed by atoms with Gasteiger partial charge >= 0.3 is 5.97 Å². The molecule has 0 saturated heterocycles. The fourth-order valence-corrected chi connectivity index (χ4v) is 3.22. The molecule has 0 spiro atoms. The van der Waals surface area contributed by atoms with E-state index in [1.165, 1.54) is 43.4 Å². The lowest BCUT2D eigenvalue weighted by Gasteiger charge is -2.08. The summed E-state index contributed by atoms with van der Waals surface area (Å²) >= 11 is 1.36. The van der Waals surface area contributed by atoms with E-state index in [2.05, 4.69) is 5.32 Å². The molecule has 0 aliphatic heterocycles. The molecule has 2 rings (SSSR count). The highest BCUT2D eigenvalue weighted by atomic mass is 32.1. The van der Waals surface area contributed by atoms with Gasteiger partial charge in [-0.05, 0) is 31.0 Å². The quantitative estimate of drug-likeness (QED) is 0.766. The van der Waals surface area contributed by atoms with Crippen molar-refractivity contribution < 1.29 is 9.90 Å². The Balaban J connectivity index is 1.65. The Hall–Kier alpha value is -0.870. The lowest BCUT2D eigenvalue weighted by atomic mass is 10.0. The number of carbonyl (C=O) groups is 1. The van der Waals surface area contributed by atoms with Crippen LogP contribution in [0.15, 0.2) is 12.1 Å². The van der Waals surface area contributed by atoms with Crippen molar-refractivity contribution in [3.05, 3.63) is 21.9 Å². The van der Waals surface area contributed by atoms with Crippen molar-refractivity contribution in [2.24, 2.45) is 5.92 Å². The zero-order chi connectivity index (χ0) is 12.1. The molecule has 0 unspecified atom stereocenters. The molecule has 1 aliphatic rings. The van der Waals surface area contributed by atoms with Crippen LogP contribution in [-0.2, 0) is 6.54 Å². The van der Waals surface area contributed by atoms with Gasteiger partial charge in [0.1, 0.15) is 4.88 Å². The molecule has 0 bridgehead atoms. The molecular weight excluding hydrogens is 234 g/mol. The van der Waals surface area contributed by atoms with Crippen LogP contribution in [-0.4, -0.2) is 17.6 Å². The van der Waals surface area contributed by atoms with Crippen molar-refractivity contribution in [2.75, 3.05) is 6.54 Å². The highest BCUT2D eigenvalue weighted by Crippen LogP contribution is 2.27. The lowest BCUT2D eigenvalue weighted by Crippen LogP contribution is -2.16. The first-order valence-electron chi connectivity index (χ1n) is 6.28. The number of thiophene rings is 1. The second-order valence-corrected chi connectivity index (χ2v) is 5.86. The highest BCUT2D eigenvalue weighted by molar-refractivity contribution is 7.13. The fourth-order valence-electron chi connectivity index (χ4n) is 2.40. The lowest BCUT2D eigenvalue weighted by molar-refractivity contribution is 0.0702. The molecule has 4 heteroatoms. The largest absolute Gasteiger partial charge is 0.477 e. The first kappa shape index (κ1) is 12.6. The third-order valence-electron chi connectivity index (χ3n) is 3.38. The molecule has 0 atom stereocenters.